The Morgan fingerprint density at radius 1 is 1.12 bits per heavy atom. The number of anilines is 2. The summed E-state index contributed by atoms with van der Waals surface area (Å²) in [7, 11) is 1.53. The van der Waals surface area contributed by atoms with E-state index in [-0.39, 0.29) is 17.9 Å². The van der Waals surface area contributed by atoms with Crippen LogP contribution in [0.3, 0.4) is 0 Å². The van der Waals surface area contributed by atoms with Gasteiger partial charge < -0.3 is 15.4 Å². The number of rotatable bonds is 4. The number of nitrogens with one attached hydrogen (secondary N) is 2. The van der Waals surface area contributed by atoms with E-state index in [1.54, 1.807) is 24.3 Å². The molecule has 33 heavy (non-hydrogen) atoms. The van der Waals surface area contributed by atoms with Crippen molar-refractivity contribution < 1.29 is 22.7 Å². The van der Waals surface area contributed by atoms with Gasteiger partial charge in [0.1, 0.15) is 11.6 Å². The number of hydrogen-bond acceptors (Lipinski definition) is 4. The van der Waals surface area contributed by atoms with Crippen molar-refractivity contribution in [2.45, 2.75) is 43.9 Å². The Morgan fingerprint density at radius 3 is 2.61 bits per heavy atom. The van der Waals surface area contributed by atoms with Crippen molar-refractivity contribution in [2.75, 3.05) is 17.7 Å². The van der Waals surface area contributed by atoms with Crippen LogP contribution in [0.25, 0.3) is 0 Å². The molecule has 2 N–H and O–H groups in total. The lowest BCUT2D eigenvalue weighted by molar-refractivity contribution is -0.173. The average molecular weight is 456 g/mol. The van der Waals surface area contributed by atoms with Crippen LogP contribution < -0.4 is 15.4 Å². The van der Waals surface area contributed by atoms with Crippen molar-refractivity contribution in [2.24, 2.45) is 0 Å². The predicted octanol–water partition coefficient (Wildman–Crippen LogP) is 5.29. The highest BCUT2D eigenvalue weighted by Gasteiger charge is 2.46. The largest absolute Gasteiger partial charge is 0.497 e. The van der Waals surface area contributed by atoms with Crippen LogP contribution >= 0.6 is 0 Å². The molecule has 2 atom stereocenters. The van der Waals surface area contributed by atoms with E-state index in [9.17, 15) is 18.0 Å². The second-order valence-corrected chi connectivity index (χ2v) is 8.41. The fraction of sp³-hybridized carbons (Fsp3) is 0.333. The molecule has 172 valence electrons. The van der Waals surface area contributed by atoms with E-state index < -0.39 is 24.2 Å². The molecule has 1 aliphatic carbocycles. The smallest absolute Gasteiger partial charge is 0.410 e. The van der Waals surface area contributed by atoms with Gasteiger partial charge in [-0.1, -0.05) is 18.2 Å². The lowest BCUT2D eigenvalue weighted by Gasteiger charge is -2.33. The van der Waals surface area contributed by atoms with E-state index in [2.05, 4.69) is 15.7 Å². The first-order chi connectivity index (χ1) is 15.8. The van der Waals surface area contributed by atoms with Crippen LogP contribution in [-0.2, 0) is 12.8 Å². The number of methoxy groups -OCH3 is 1. The summed E-state index contributed by atoms with van der Waals surface area (Å²) < 4.78 is 47.7. The van der Waals surface area contributed by atoms with Crippen LogP contribution in [0.1, 0.15) is 52.1 Å². The molecular formula is C24H23F3N4O2. The molecule has 0 saturated carbocycles. The van der Waals surface area contributed by atoms with Gasteiger partial charge in [-0.3, -0.25) is 4.79 Å². The number of carbonyl (C=O) groups is 1. The van der Waals surface area contributed by atoms with Gasteiger partial charge in [-0.2, -0.15) is 18.3 Å². The number of halogens is 3. The molecule has 0 spiro atoms. The Labute approximate surface area is 188 Å². The lowest BCUT2D eigenvalue weighted by Crippen LogP contribution is -2.35. The molecule has 3 aromatic rings. The number of aryl methyl sites for hydroxylation is 2. The van der Waals surface area contributed by atoms with E-state index >= 15 is 0 Å². The number of nitrogens with zero attached hydrogens (tertiary/aromatic N) is 2. The van der Waals surface area contributed by atoms with Gasteiger partial charge in [0.05, 0.1) is 13.2 Å². The zero-order valence-electron chi connectivity index (χ0n) is 17.9. The molecule has 9 heteroatoms. The maximum Gasteiger partial charge on any atom is 0.410 e. The van der Waals surface area contributed by atoms with Crippen molar-refractivity contribution in [1.82, 2.24) is 9.78 Å². The Bertz CT molecular complexity index is 1190. The summed E-state index contributed by atoms with van der Waals surface area (Å²) in [6, 6.07) is 11.5. The number of ether oxygens (including phenoxy) is 1. The van der Waals surface area contributed by atoms with Gasteiger partial charge >= 0.3 is 6.18 Å². The first-order valence-electron chi connectivity index (χ1n) is 10.8. The van der Waals surface area contributed by atoms with E-state index in [0.29, 0.717) is 17.0 Å². The molecule has 1 amide bonds. The molecule has 2 aliphatic rings. The maximum atomic E-state index is 13.9. The topological polar surface area (TPSA) is 68.2 Å². The summed E-state index contributed by atoms with van der Waals surface area (Å²) >= 11 is 0. The van der Waals surface area contributed by atoms with Crippen molar-refractivity contribution >= 4 is 17.4 Å². The first-order valence-corrected chi connectivity index (χ1v) is 10.8. The molecule has 6 nitrogen and oxygen atoms in total. The summed E-state index contributed by atoms with van der Waals surface area (Å²) in [6.45, 7) is 0. The van der Waals surface area contributed by atoms with Crippen LogP contribution in [0.15, 0.2) is 48.5 Å². The fourth-order valence-corrected chi connectivity index (χ4v) is 4.58. The minimum Gasteiger partial charge on any atom is -0.497 e. The molecule has 0 bridgehead atoms. The lowest BCUT2D eigenvalue weighted by atomic mass is 9.97. The minimum absolute atomic E-state index is 0.0670. The monoisotopic (exact) mass is 456 g/mol. The Hall–Kier alpha value is -3.49. The molecule has 2 aromatic carbocycles. The van der Waals surface area contributed by atoms with E-state index in [1.807, 2.05) is 18.2 Å². The highest BCUT2D eigenvalue weighted by molar-refractivity contribution is 6.03. The van der Waals surface area contributed by atoms with Crippen molar-refractivity contribution in [3.63, 3.8) is 0 Å². The third-order valence-electron chi connectivity index (χ3n) is 6.30. The number of amides is 1. The molecule has 2 heterocycles. The highest BCUT2D eigenvalue weighted by Crippen LogP contribution is 2.43. The molecule has 0 radical (unpaired) electrons. The maximum absolute atomic E-state index is 13.9. The van der Waals surface area contributed by atoms with Gasteiger partial charge in [0.25, 0.3) is 5.91 Å². The van der Waals surface area contributed by atoms with Gasteiger partial charge in [0, 0.05) is 18.2 Å². The van der Waals surface area contributed by atoms with Gasteiger partial charge in [-0.15, -0.1) is 0 Å². The van der Waals surface area contributed by atoms with E-state index in [1.165, 1.54) is 24.3 Å². The van der Waals surface area contributed by atoms with Gasteiger partial charge in [-0.25, -0.2) is 4.68 Å². The Kier molecular flexibility index (Phi) is 5.26. The molecular weight excluding hydrogens is 433 g/mol. The third-order valence-corrected chi connectivity index (χ3v) is 6.30. The second kappa shape index (κ2) is 8.13. The number of carbonyl (C=O) groups excluding carboxylic acids is 1. The molecule has 1 aromatic heterocycles. The second-order valence-electron chi connectivity index (χ2n) is 8.41. The standard InChI is InChI=1S/C24H23F3N4O2/c1-33-18-9-6-15(7-10-18)19-12-21(24(25,26)27)31-22(29-19)13-20(30-31)23(32)28-17-8-5-14-3-2-4-16(14)11-17/h5-11,13,19,21,29H,2-4,12H2,1H3,(H,28,32)/t19-,21+/m1/s1. The van der Waals surface area contributed by atoms with Crippen molar-refractivity contribution in [3.8, 4) is 5.75 Å². The normalized spacial score (nSPS) is 19.4. The van der Waals surface area contributed by atoms with Gasteiger partial charge in [0.15, 0.2) is 11.7 Å². The zero-order valence-corrected chi connectivity index (χ0v) is 17.9. The summed E-state index contributed by atoms with van der Waals surface area (Å²) in [4.78, 5) is 12.8. The number of benzene rings is 2. The molecule has 0 saturated heterocycles. The van der Waals surface area contributed by atoms with Gasteiger partial charge in [-0.05, 0) is 60.2 Å². The molecule has 1 aliphatic heterocycles. The Balaban J connectivity index is 1.41. The number of hydrogen-bond donors (Lipinski definition) is 2. The molecule has 0 fully saturated rings. The van der Waals surface area contributed by atoms with Crippen LogP contribution in [0.4, 0.5) is 24.7 Å². The summed E-state index contributed by atoms with van der Waals surface area (Å²) in [6.07, 6.45) is -1.68. The van der Waals surface area contributed by atoms with Crippen molar-refractivity contribution in [3.05, 3.63) is 70.9 Å². The summed E-state index contributed by atoms with van der Waals surface area (Å²) in [5.41, 5.74) is 3.71. The summed E-state index contributed by atoms with van der Waals surface area (Å²) in [5.74, 6) is 0.236. The highest BCUT2D eigenvalue weighted by atomic mass is 19.4. The van der Waals surface area contributed by atoms with Crippen LogP contribution in [-0.4, -0.2) is 29.0 Å². The molecule has 5 rings (SSSR count). The molecule has 0 unspecified atom stereocenters. The van der Waals surface area contributed by atoms with Crippen LogP contribution in [0.2, 0.25) is 0 Å². The van der Waals surface area contributed by atoms with Crippen LogP contribution in [0.5, 0.6) is 5.75 Å². The number of fused-ring (bicyclic) bond motifs is 2. The Morgan fingerprint density at radius 2 is 1.88 bits per heavy atom. The average Bonchev–Trinajstić information content (AvgIpc) is 3.44. The third kappa shape index (κ3) is 4.15. The SMILES string of the molecule is COc1ccc([C@H]2C[C@@H](C(F)(F)F)n3nc(C(=O)Nc4ccc5c(c4)CCC5)cc3N2)cc1. The predicted molar refractivity (Wildman–Crippen MR) is 118 cm³/mol. The quantitative estimate of drug-likeness (QED) is 0.560. The minimum atomic E-state index is -4.51. The number of alkyl halides is 3. The van der Waals surface area contributed by atoms with Crippen LogP contribution in [0, 0.1) is 0 Å². The summed E-state index contributed by atoms with van der Waals surface area (Å²) in [5, 5.41) is 9.90. The fourth-order valence-electron chi connectivity index (χ4n) is 4.58. The van der Waals surface area contributed by atoms with E-state index in [0.717, 1.165) is 23.9 Å². The van der Waals surface area contributed by atoms with E-state index in [4.69, 9.17) is 4.74 Å². The zero-order chi connectivity index (χ0) is 23.2. The van der Waals surface area contributed by atoms with Gasteiger partial charge in [0.2, 0.25) is 0 Å². The van der Waals surface area contributed by atoms with Crippen molar-refractivity contribution in [1.29, 1.82) is 0 Å². The number of aromatic nitrogens is 2. The first kappa shape index (κ1) is 21.4.